The second-order valence-electron chi connectivity index (χ2n) is 7.48. The Balaban J connectivity index is 1.89. The van der Waals surface area contributed by atoms with E-state index in [0.29, 0.717) is 47.4 Å². The molecule has 1 aliphatic heterocycles. The van der Waals surface area contributed by atoms with Gasteiger partial charge in [-0.2, -0.15) is 0 Å². The van der Waals surface area contributed by atoms with Gasteiger partial charge in [0.25, 0.3) is 0 Å². The third-order valence-corrected chi connectivity index (χ3v) is 5.88. The van der Waals surface area contributed by atoms with Gasteiger partial charge < -0.3 is 18.8 Å². The van der Waals surface area contributed by atoms with Crippen molar-refractivity contribution in [1.82, 2.24) is 4.57 Å². The number of hydrogen-bond donors (Lipinski definition) is 0. The van der Waals surface area contributed by atoms with Crippen LogP contribution in [0.5, 0.6) is 11.5 Å². The summed E-state index contributed by atoms with van der Waals surface area (Å²) in [4.78, 5) is 24.6. The van der Waals surface area contributed by atoms with E-state index in [1.54, 1.807) is 25.3 Å². The number of ether oxygens (including phenoxy) is 3. The Kier molecular flexibility index (Phi) is 6.74. The molecule has 0 fully saturated rings. The van der Waals surface area contributed by atoms with Crippen molar-refractivity contribution in [3.8, 4) is 22.8 Å². The van der Waals surface area contributed by atoms with Gasteiger partial charge in [0.05, 0.1) is 33.5 Å². The van der Waals surface area contributed by atoms with Crippen molar-refractivity contribution in [1.29, 1.82) is 0 Å². The first-order valence-corrected chi connectivity index (χ1v) is 10.9. The molecule has 2 heterocycles. The summed E-state index contributed by atoms with van der Waals surface area (Å²) in [5.41, 5.74) is 0.466. The summed E-state index contributed by atoms with van der Waals surface area (Å²) < 4.78 is 33.3. The van der Waals surface area contributed by atoms with E-state index in [0.717, 1.165) is 0 Å². The summed E-state index contributed by atoms with van der Waals surface area (Å²) in [6.45, 7) is 2.19. The van der Waals surface area contributed by atoms with Crippen molar-refractivity contribution in [3.63, 3.8) is 0 Å². The summed E-state index contributed by atoms with van der Waals surface area (Å²) in [5.74, 6) is -0.297. The number of benzene rings is 2. The Bertz CT molecular complexity index is 1270. The molecule has 6 nitrogen and oxygen atoms in total. The smallest absolute Gasteiger partial charge is 0.206 e. The second kappa shape index (κ2) is 9.55. The van der Waals surface area contributed by atoms with Crippen LogP contribution in [0.15, 0.2) is 47.4 Å². The summed E-state index contributed by atoms with van der Waals surface area (Å²) in [7, 11) is 1.60. The third-order valence-electron chi connectivity index (χ3n) is 5.26. The van der Waals surface area contributed by atoms with E-state index in [-0.39, 0.29) is 16.1 Å². The lowest BCUT2D eigenvalue weighted by Crippen LogP contribution is -2.28. The lowest BCUT2D eigenvalue weighted by molar-refractivity contribution is 0.101. The van der Waals surface area contributed by atoms with Crippen LogP contribution in [0.4, 0.5) is 4.39 Å². The predicted molar refractivity (Wildman–Crippen MR) is 123 cm³/mol. The Morgan fingerprint density at radius 2 is 1.97 bits per heavy atom. The zero-order valence-electron chi connectivity index (χ0n) is 17.9. The maximum absolute atomic E-state index is 14.9. The fraction of sp³-hybridized carbons (Fsp3) is 0.250. The van der Waals surface area contributed by atoms with Gasteiger partial charge in [-0.1, -0.05) is 29.3 Å². The first-order valence-electron chi connectivity index (χ1n) is 10.1. The fourth-order valence-corrected chi connectivity index (χ4v) is 4.15. The van der Waals surface area contributed by atoms with E-state index < -0.39 is 23.3 Å². The van der Waals surface area contributed by atoms with Gasteiger partial charge in [-0.15, -0.1) is 0 Å². The number of ketones is 1. The van der Waals surface area contributed by atoms with E-state index in [9.17, 15) is 14.0 Å². The molecule has 3 aromatic rings. The van der Waals surface area contributed by atoms with E-state index >= 15 is 0 Å². The molecule has 0 saturated heterocycles. The number of methoxy groups -OCH3 is 1. The average molecular weight is 492 g/mol. The Labute approximate surface area is 199 Å². The van der Waals surface area contributed by atoms with Gasteiger partial charge >= 0.3 is 0 Å². The van der Waals surface area contributed by atoms with Crippen molar-refractivity contribution >= 4 is 29.0 Å². The molecule has 9 heteroatoms. The molecule has 0 spiro atoms. The molecule has 1 aliphatic rings. The molecule has 0 amide bonds. The summed E-state index contributed by atoms with van der Waals surface area (Å²) in [6, 6.07) is 8.81. The summed E-state index contributed by atoms with van der Waals surface area (Å²) in [6.07, 6.45) is 0.950. The van der Waals surface area contributed by atoms with Crippen LogP contribution in [0, 0.1) is 5.82 Å². The van der Waals surface area contributed by atoms with E-state index in [1.165, 1.54) is 35.9 Å². The minimum Gasteiger partial charge on any atom is -0.492 e. The monoisotopic (exact) mass is 491 g/mol. The molecule has 0 N–H and O–H groups in total. The maximum Gasteiger partial charge on any atom is 0.206 e. The zero-order valence-corrected chi connectivity index (χ0v) is 19.4. The van der Waals surface area contributed by atoms with Gasteiger partial charge in [0.2, 0.25) is 6.23 Å². The van der Waals surface area contributed by atoms with Crippen LogP contribution < -0.4 is 14.9 Å². The highest BCUT2D eigenvalue weighted by molar-refractivity contribution is 6.32. The van der Waals surface area contributed by atoms with Crippen molar-refractivity contribution in [2.24, 2.45) is 0 Å². The number of Topliss-reactive ketones (excluding diaryl/α,β-unsaturated/α-hetero) is 1. The van der Waals surface area contributed by atoms with Crippen LogP contribution in [0.2, 0.25) is 10.0 Å². The van der Waals surface area contributed by atoms with Crippen molar-refractivity contribution < 1.29 is 23.4 Å². The highest BCUT2D eigenvalue weighted by atomic mass is 35.5. The van der Waals surface area contributed by atoms with E-state index in [4.69, 9.17) is 37.4 Å². The third kappa shape index (κ3) is 4.49. The Morgan fingerprint density at radius 1 is 1.18 bits per heavy atom. The van der Waals surface area contributed by atoms with Crippen molar-refractivity contribution in [2.75, 3.05) is 20.3 Å². The number of nitrogens with zero attached hydrogens (tertiary/aromatic N) is 1. The maximum atomic E-state index is 14.9. The topological polar surface area (TPSA) is 66.8 Å². The predicted octanol–water partition coefficient (Wildman–Crippen LogP) is 5.52. The number of aromatic nitrogens is 1. The molecule has 4 rings (SSSR count). The average Bonchev–Trinajstić information content (AvgIpc) is 2.76. The second-order valence-corrected chi connectivity index (χ2v) is 8.29. The molecule has 0 saturated carbocycles. The number of hydrogen-bond acceptors (Lipinski definition) is 5. The number of carbonyl (C=O) groups is 1. The van der Waals surface area contributed by atoms with Crippen molar-refractivity contribution in [3.05, 3.63) is 79.8 Å². The number of rotatable bonds is 7. The van der Waals surface area contributed by atoms with Crippen molar-refractivity contribution in [2.45, 2.75) is 19.6 Å². The minimum atomic E-state index is -1.07. The molecule has 1 atom stereocenters. The first kappa shape index (κ1) is 23.3. The number of carbonyl (C=O) groups excluding carboxylic acids is 1. The summed E-state index contributed by atoms with van der Waals surface area (Å²) >= 11 is 12.8. The Hall–Kier alpha value is -2.87. The van der Waals surface area contributed by atoms with Gasteiger partial charge in [-0.25, -0.2) is 4.39 Å². The van der Waals surface area contributed by atoms with Gasteiger partial charge in [-0.3, -0.25) is 9.59 Å². The number of pyridine rings is 1. The molecule has 1 aromatic heterocycles. The molecule has 0 radical (unpaired) electrons. The standard InChI is InChI=1S/C24H20Cl2FNO5/c1-13(29)15-12-28-19(10-20(15)30)14-9-17(26)22(32-8-4-7-31-2)11-21(14)33-24(28)23-16(25)5-3-6-18(23)27/h3,5-6,9-12,24H,4,7-8H2,1-2H3. The first-order chi connectivity index (χ1) is 15.8. The quantitative estimate of drug-likeness (QED) is 0.321. The largest absolute Gasteiger partial charge is 0.492 e. The van der Waals surface area contributed by atoms with Crippen LogP contribution in [0.3, 0.4) is 0 Å². The van der Waals surface area contributed by atoms with Crippen LogP contribution in [-0.4, -0.2) is 30.7 Å². The fourth-order valence-electron chi connectivity index (χ4n) is 3.67. The lowest BCUT2D eigenvalue weighted by atomic mass is 10.0. The van der Waals surface area contributed by atoms with Gasteiger partial charge in [0.1, 0.15) is 17.3 Å². The summed E-state index contributed by atoms with van der Waals surface area (Å²) in [5, 5.41) is 0.453. The van der Waals surface area contributed by atoms with Crippen LogP contribution >= 0.6 is 23.2 Å². The van der Waals surface area contributed by atoms with E-state index in [1.807, 2.05) is 0 Å². The molecule has 0 aliphatic carbocycles. The van der Waals surface area contributed by atoms with Gasteiger partial charge in [-0.05, 0) is 25.1 Å². The van der Waals surface area contributed by atoms with Crippen LogP contribution in [0.25, 0.3) is 11.3 Å². The highest BCUT2D eigenvalue weighted by Crippen LogP contribution is 2.46. The molecule has 2 aromatic carbocycles. The molecule has 0 bridgehead atoms. The SMILES string of the molecule is COCCCOc1cc2c(cc1Cl)-c1cc(=O)c(C(C)=O)cn1C(c1c(F)cccc1Cl)O2. The van der Waals surface area contributed by atoms with Gasteiger partial charge in [0, 0.05) is 44.0 Å². The molecule has 1 unspecified atom stereocenters. The van der Waals surface area contributed by atoms with Gasteiger partial charge in [0.15, 0.2) is 11.2 Å². The molecule has 33 heavy (non-hydrogen) atoms. The lowest BCUT2D eigenvalue weighted by Gasteiger charge is -2.32. The molecule has 172 valence electrons. The Morgan fingerprint density at radius 3 is 2.67 bits per heavy atom. The highest BCUT2D eigenvalue weighted by Gasteiger charge is 2.32. The molecular formula is C24H20Cl2FNO5. The molecular weight excluding hydrogens is 472 g/mol. The number of halogens is 3. The minimum absolute atomic E-state index is 0.0487. The van der Waals surface area contributed by atoms with Crippen LogP contribution in [-0.2, 0) is 4.74 Å². The van der Waals surface area contributed by atoms with E-state index in [2.05, 4.69) is 0 Å². The normalized spacial score (nSPS) is 14.3. The zero-order chi connectivity index (χ0) is 23.7. The van der Waals surface area contributed by atoms with Crippen LogP contribution in [0.1, 0.15) is 35.5 Å². The number of fused-ring (bicyclic) bond motifs is 3.